The summed E-state index contributed by atoms with van der Waals surface area (Å²) in [6.07, 6.45) is 5.75. The molecule has 0 spiro atoms. The number of amides is 5. The quantitative estimate of drug-likeness (QED) is 0.0276. The molecular weight excluding hydrogens is 1320 g/mol. The molecule has 34 nitrogen and oxygen atoms in total. The van der Waals surface area contributed by atoms with Gasteiger partial charge in [-0.25, -0.2) is 42.0 Å². The Kier molecular flexibility index (Phi) is 27.6. The second-order valence-electron chi connectivity index (χ2n) is 17.6. The minimum Gasteiger partial charge on any atom is -0.481 e. The van der Waals surface area contributed by atoms with Gasteiger partial charge in [0, 0.05) is 31.8 Å². The molecule has 6 aromatic rings. The molecule has 9 N–H and O–H groups in total. The lowest BCUT2D eigenvalue weighted by Crippen LogP contribution is -2.36. The van der Waals surface area contributed by atoms with Crippen LogP contribution in [0.1, 0.15) is 47.4 Å². The summed E-state index contributed by atoms with van der Waals surface area (Å²) in [6, 6.07) is 9.09. The van der Waals surface area contributed by atoms with Gasteiger partial charge in [-0.2, -0.15) is 50.6 Å². The van der Waals surface area contributed by atoms with Crippen molar-refractivity contribution in [2.24, 2.45) is 0 Å². The van der Waals surface area contributed by atoms with Crippen LogP contribution in [0.4, 0.5) is 39.0 Å². The number of pyridine rings is 1. The number of halogens is 6. The minimum atomic E-state index is -4.71. The van der Waals surface area contributed by atoms with Crippen LogP contribution in [0.25, 0.3) is 5.69 Å². The van der Waals surface area contributed by atoms with E-state index in [1.807, 2.05) is 20.8 Å². The first-order valence-corrected chi connectivity index (χ1v) is 29.4. The second-order valence-corrected chi connectivity index (χ2v) is 23.3. The van der Waals surface area contributed by atoms with E-state index in [9.17, 15) is 67.7 Å². The Morgan fingerprint density at radius 1 is 0.789 bits per heavy atom. The Labute approximate surface area is 515 Å². The number of ether oxygens (including phenoxy) is 5. The number of rotatable bonds is 21. The summed E-state index contributed by atoms with van der Waals surface area (Å²) in [5.74, 6) is -3.95. The number of carbonyl (C=O) groups is 5. The molecule has 0 saturated carbocycles. The number of nitrogens with one attached hydrogen (secondary N) is 5. The van der Waals surface area contributed by atoms with Crippen LogP contribution in [0.3, 0.4) is 0 Å². The van der Waals surface area contributed by atoms with E-state index in [-0.39, 0.29) is 39.9 Å². The Bertz CT molecular complexity index is 3900. The molecule has 0 radical (unpaired) electrons. The molecule has 0 saturated heterocycles. The number of aromatic nitrogens is 7. The van der Waals surface area contributed by atoms with Gasteiger partial charge < -0.3 is 53.0 Å². The van der Waals surface area contributed by atoms with E-state index >= 15 is 0 Å². The van der Waals surface area contributed by atoms with E-state index in [0.717, 1.165) is 16.8 Å². The molecule has 0 aliphatic rings. The molecule has 2 aromatic carbocycles. The Hall–Kier alpha value is -9.49. The third-order valence-electron chi connectivity index (χ3n) is 9.49. The van der Waals surface area contributed by atoms with E-state index in [1.54, 1.807) is 10.0 Å². The molecule has 0 aliphatic carbocycles. The number of urea groups is 2. The van der Waals surface area contributed by atoms with E-state index in [4.69, 9.17) is 68.3 Å². The first kappa shape index (κ1) is 74.8. The van der Waals surface area contributed by atoms with Gasteiger partial charge >= 0.3 is 50.6 Å². The Morgan fingerprint density at radius 3 is 1.77 bits per heavy atom. The van der Waals surface area contributed by atoms with Crippen molar-refractivity contribution in [3.63, 3.8) is 0 Å². The van der Waals surface area contributed by atoms with Gasteiger partial charge in [-0.3, -0.25) is 30.1 Å². The molecule has 0 bridgehead atoms. The van der Waals surface area contributed by atoms with Gasteiger partial charge in [-0.1, -0.05) is 62.0 Å². The standard InChI is InChI=1S/C15H14Cl2N2O3.C15H18N6O6S.C14H10F4N4O7S.C3H8NO5P/c1-5-6-21-12-8-11(9(16)7-10(12)17)19-14(20)22-13(18-19)15(2,3)4;1-21(2)13(22)9-6-5-7-16-12(9)28(24,25)20-15(23)19-14-17-10(26-3)8-11(18-14)27-4;15-11(16)28-8-5-9(29-12(17)18)20-13(19-8)21-14(25)22-30(26,27)7-4-2-1-3-6(7)10(23)24;5-3(6)1-4-2-10(7,8)9/h1,7-8H,6H2,2-4H3;5-8H,1-4H3,(H2,17,18,19,20,23);1-5,11-12H,(H,23,24)(H2,19,20,21,22,25);4H,1-2H2,(H,5,6)(H2,7,8,9). The number of methoxy groups -OCH3 is 2. The predicted molar refractivity (Wildman–Crippen MR) is 302 cm³/mol. The zero-order valence-corrected chi connectivity index (χ0v) is 51.1. The summed E-state index contributed by atoms with van der Waals surface area (Å²) < 4.78 is 141. The predicted octanol–water partition coefficient (Wildman–Crippen LogP) is 4.23. The van der Waals surface area contributed by atoms with Crippen molar-refractivity contribution in [2.45, 2.75) is 49.3 Å². The highest BCUT2D eigenvalue weighted by Gasteiger charge is 2.29. The lowest BCUT2D eigenvalue weighted by atomic mass is 9.97. The van der Waals surface area contributed by atoms with Crippen molar-refractivity contribution >= 4 is 92.6 Å². The lowest BCUT2D eigenvalue weighted by Gasteiger charge is -2.14. The van der Waals surface area contributed by atoms with E-state index < -0.39 is 128 Å². The third-order valence-corrected chi connectivity index (χ3v) is 13.4. The average Bonchev–Trinajstić information content (AvgIpc) is 1.46. The second kappa shape index (κ2) is 33.2. The molecule has 4 heterocycles. The molecular formula is C47H50Cl2F4N13O21PS2. The van der Waals surface area contributed by atoms with Gasteiger partial charge in [0.2, 0.25) is 41.3 Å². The first-order valence-electron chi connectivity index (χ1n) is 23.9. The number of carbonyl (C=O) groups excluding carboxylic acids is 3. The van der Waals surface area contributed by atoms with Crippen molar-refractivity contribution < 1.29 is 111 Å². The topological polar surface area (TPSA) is 474 Å². The molecule has 0 aliphatic heterocycles. The number of anilines is 2. The SMILES string of the molecule is C#CCOc1cc(-n2nc(C(C)(C)C)oc2=O)c(Cl)cc1Cl.COc1cc(OC)nc(NC(=O)NS(=O)(=O)c2ncccc2C(=O)N(C)C)n1.O=C(Nc1nc(OC(F)F)cc(OC(F)F)n1)NS(=O)(=O)c1ccccc1C(=O)O.O=C(O)CNCP(=O)(O)O. The largest absolute Gasteiger partial charge is 0.481 e. The summed E-state index contributed by atoms with van der Waals surface area (Å²) in [5, 5.41) is 27.1. The van der Waals surface area contributed by atoms with Crippen molar-refractivity contribution in [1.29, 1.82) is 0 Å². The summed E-state index contributed by atoms with van der Waals surface area (Å²) >= 11 is 12.2. The molecule has 488 valence electrons. The number of hydrogen-bond acceptors (Lipinski definition) is 24. The van der Waals surface area contributed by atoms with E-state index in [0.29, 0.717) is 23.4 Å². The zero-order chi connectivity index (χ0) is 68.1. The maximum atomic E-state index is 12.5. The van der Waals surface area contributed by atoms with Crippen LogP contribution in [-0.2, 0) is 34.8 Å². The van der Waals surface area contributed by atoms with Gasteiger partial charge in [-0.05, 0) is 30.3 Å². The normalized spacial score (nSPS) is 11.1. The van der Waals surface area contributed by atoms with Crippen molar-refractivity contribution in [3.05, 3.63) is 104 Å². The monoisotopic (exact) mass is 1370 g/mol. The summed E-state index contributed by atoms with van der Waals surface area (Å²) in [5.41, 5.74) is -0.935. The van der Waals surface area contributed by atoms with Crippen LogP contribution in [0.2, 0.25) is 10.0 Å². The number of terminal acetylenes is 1. The van der Waals surface area contributed by atoms with Gasteiger partial charge in [0.1, 0.15) is 17.3 Å². The number of aliphatic carboxylic acids is 1. The average molecular weight is 1370 g/mol. The number of carboxylic acids is 2. The number of benzene rings is 2. The first-order chi connectivity index (χ1) is 41.8. The van der Waals surface area contributed by atoms with E-state index in [2.05, 4.69) is 56.0 Å². The number of carboxylic acid groups (broad SMARTS) is 2. The highest BCUT2D eigenvalue weighted by Crippen LogP contribution is 2.34. The molecule has 6 rings (SSSR count). The van der Waals surface area contributed by atoms with Crippen molar-refractivity contribution in [2.75, 3.05) is 58.4 Å². The fourth-order valence-corrected chi connectivity index (χ4v) is 8.94. The van der Waals surface area contributed by atoms with Crippen molar-refractivity contribution in [1.82, 2.24) is 54.4 Å². The summed E-state index contributed by atoms with van der Waals surface area (Å²) in [4.78, 5) is 104. The van der Waals surface area contributed by atoms with Crippen LogP contribution in [0, 0.1) is 12.3 Å². The molecule has 0 unspecified atom stereocenters. The van der Waals surface area contributed by atoms with Gasteiger partial charge in [0.15, 0.2) is 5.03 Å². The molecule has 4 aromatic heterocycles. The Morgan fingerprint density at radius 2 is 1.30 bits per heavy atom. The molecule has 0 atom stereocenters. The Balaban J connectivity index is 0.000000330. The van der Waals surface area contributed by atoms with Gasteiger partial charge in [0.25, 0.3) is 26.0 Å². The number of nitrogens with zero attached hydrogens (tertiary/aromatic N) is 8. The fraction of sp³-hybridized carbons (Fsp3) is 0.277. The third kappa shape index (κ3) is 24.2. The van der Waals surface area contributed by atoms with Crippen LogP contribution in [-0.4, -0.2) is 167 Å². The maximum Gasteiger partial charge on any atom is 0.442 e. The summed E-state index contributed by atoms with van der Waals surface area (Å²) in [7, 11) is -7.66. The number of hydrogen-bond donors (Lipinski definition) is 9. The highest BCUT2D eigenvalue weighted by atomic mass is 35.5. The van der Waals surface area contributed by atoms with Crippen LogP contribution in [0.15, 0.2) is 86.0 Å². The van der Waals surface area contributed by atoms with Crippen molar-refractivity contribution in [3.8, 4) is 47.3 Å². The van der Waals surface area contributed by atoms with Crippen LogP contribution >= 0.6 is 30.8 Å². The molecule has 90 heavy (non-hydrogen) atoms. The fourth-order valence-electron chi connectivity index (χ4n) is 5.87. The van der Waals surface area contributed by atoms with Gasteiger partial charge in [0.05, 0.1) is 66.0 Å². The number of alkyl halides is 4. The van der Waals surface area contributed by atoms with Crippen LogP contribution in [0.5, 0.6) is 29.3 Å². The highest BCUT2D eigenvalue weighted by molar-refractivity contribution is 7.90. The number of sulfonamides is 2. The lowest BCUT2D eigenvalue weighted by molar-refractivity contribution is -0.135. The van der Waals surface area contributed by atoms with Crippen LogP contribution < -0.4 is 54.8 Å². The molecule has 43 heteroatoms. The van der Waals surface area contributed by atoms with E-state index in [1.165, 1.54) is 86.6 Å². The summed E-state index contributed by atoms with van der Waals surface area (Å²) in [6.45, 7) is -1.57. The minimum absolute atomic E-state index is 0.0434. The maximum absolute atomic E-state index is 12.5. The molecule has 5 amide bonds. The zero-order valence-electron chi connectivity index (χ0n) is 47.0. The molecule has 0 fully saturated rings. The smallest absolute Gasteiger partial charge is 0.442 e. The van der Waals surface area contributed by atoms with Gasteiger partial charge in [-0.15, -0.1) is 11.5 Å². The number of aromatic carboxylic acids is 1.